The fraction of sp³-hybridized carbons (Fsp3) is 0.118. The van der Waals surface area contributed by atoms with Crippen molar-refractivity contribution >= 4 is 17.3 Å². The maximum Gasteiger partial charge on any atom is 0.252 e. The SMILES string of the molecule is CN(/C=C/C(=O)N(C)c1ccccc1)c1ccccc1. The molecule has 0 spiro atoms. The Morgan fingerprint density at radius 3 is 1.90 bits per heavy atom. The highest BCUT2D eigenvalue weighted by Gasteiger charge is 2.06. The molecule has 0 radical (unpaired) electrons. The lowest BCUT2D eigenvalue weighted by Gasteiger charge is -2.17. The van der Waals surface area contributed by atoms with Gasteiger partial charge in [0.15, 0.2) is 0 Å². The molecule has 0 bridgehead atoms. The fourth-order valence-corrected chi connectivity index (χ4v) is 1.82. The molecule has 0 unspecified atom stereocenters. The molecule has 1 amide bonds. The van der Waals surface area contributed by atoms with Gasteiger partial charge in [-0.25, -0.2) is 0 Å². The van der Waals surface area contributed by atoms with Crippen molar-refractivity contribution in [1.82, 2.24) is 0 Å². The van der Waals surface area contributed by atoms with Gasteiger partial charge >= 0.3 is 0 Å². The largest absolute Gasteiger partial charge is 0.351 e. The number of amides is 1. The summed E-state index contributed by atoms with van der Waals surface area (Å²) in [6, 6.07) is 19.5. The van der Waals surface area contributed by atoms with Crippen LogP contribution in [0.3, 0.4) is 0 Å². The molecule has 0 aliphatic carbocycles. The van der Waals surface area contributed by atoms with Crippen LogP contribution in [0.5, 0.6) is 0 Å². The van der Waals surface area contributed by atoms with Gasteiger partial charge in [-0.05, 0) is 24.3 Å². The number of anilines is 2. The van der Waals surface area contributed by atoms with Crippen LogP contribution < -0.4 is 9.80 Å². The molecule has 20 heavy (non-hydrogen) atoms. The molecule has 3 heteroatoms. The number of rotatable bonds is 4. The molecule has 0 fully saturated rings. The molecule has 102 valence electrons. The first-order valence-electron chi connectivity index (χ1n) is 6.47. The lowest BCUT2D eigenvalue weighted by Crippen LogP contribution is -2.24. The molecule has 0 heterocycles. The quantitative estimate of drug-likeness (QED) is 0.793. The summed E-state index contributed by atoms with van der Waals surface area (Å²) in [5.41, 5.74) is 1.92. The number of carbonyl (C=O) groups is 1. The Labute approximate surface area is 119 Å². The van der Waals surface area contributed by atoms with E-state index in [4.69, 9.17) is 0 Å². The summed E-state index contributed by atoms with van der Waals surface area (Å²) in [5, 5.41) is 0. The zero-order valence-electron chi connectivity index (χ0n) is 11.7. The molecule has 0 saturated carbocycles. The highest BCUT2D eigenvalue weighted by Crippen LogP contribution is 2.13. The Bertz CT molecular complexity index is 578. The lowest BCUT2D eigenvalue weighted by atomic mass is 10.3. The topological polar surface area (TPSA) is 23.6 Å². The summed E-state index contributed by atoms with van der Waals surface area (Å²) < 4.78 is 0. The van der Waals surface area contributed by atoms with Crippen LogP contribution in [0, 0.1) is 0 Å². The molecule has 0 atom stereocenters. The molecule has 0 aromatic heterocycles. The van der Waals surface area contributed by atoms with Gasteiger partial charge in [-0.15, -0.1) is 0 Å². The summed E-state index contributed by atoms with van der Waals surface area (Å²) in [6.45, 7) is 0. The second-order valence-corrected chi connectivity index (χ2v) is 4.49. The number of hydrogen-bond acceptors (Lipinski definition) is 2. The zero-order chi connectivity index (χ0) is 14.4. The van der Waals surface area contributed by atoms with E-state index in [9.17, 15) is 4.79 Å². The van der Waals surface area contributed by atoms with Crippen LogP contribution in [0.15, 0.2) is 72.9 Å². The first kappa shape index (κ1) is 13.9. The van der Waals surface area contributed by atoms with E-state index in [1.807, 2.05) is 72.6 Å². The Morgan fingerprint density at radius 1 is 0.850 bits per heavy atom. The lowest BCUT2D eigenvalue weighted by molar-refractivity contribution is -0.113. The smallest absolute Gasteiger partial charge is 0.252 e. The van der Waals surface area contributed by atoms with Gasteiger partial charge in [-0.2, -0.15) is 0 Å². The van der Waals surface area contributed by atoms with Crippen molar-refractivity contribution in [2.75, 3.05) is 23.9 Å². The molecule has 2 aromatic carbocycles. The van der Waals surface area contributed by atoms with Crippen LogP contribution in [-0.2, 0) is 4.79 Å². The predicted molar refractivity (Wildman–Crippen MR) is 83.8 cm³/mol. The highest BCUT2D eigenvalue weighted by molar-refractivity contribution is 6.01. The normalized spacial score (nSPS) is 10.5. The van der Waals surface area contributed by atoms with Gasteiger partial charge in [0.05, 0.1) is 0 Å². The van der Waals surface area contributed by atoms with Crippen LogP contribution >= 0.6 is 0 Å². The van der Waals surface area contributed by atoms with Crippen molar-refractivity contribution in [3.8, 4) is 0 Å². The van der Waals surface area contributed by atoms with Crippen LogP contribution in [0.1, 0.15) is 0 Å². The van der Waals surface area contributed by atoms with E-state index in [-0.39, 0.29) is 5.91 Å². The Hall–Kier alpha value is -2.55. The maximum absolute atomic E-state index is 12.1. The second kappa shape index (κ2) is 6.57. The Morgan fingerprint density at radius 2 is 1.35 bits per heavy atom. The average molecular weight is 266 g/mol. The molecule has 2 aromatic rings. The van der Waals surface area contributed by atoms with E-state index in [0.29, 0.717) is 0 Å². The molecule has 2 rings (SSSR count). The van der Waals surface area contributed by atoms with Crippen molar-refractivity contribution in [1.29, 1.82) is 0 Å². The number of likely N-dealkylation sites (N-methyl/N-ethyl adjacent to an activating group) is 1. The van der Waals surface area contributed by atoms with E-state index in [2.05, 4.69) is 0 Å². The van der Waals surface area contributed by atoms with Crippen LogP contribution in [0.4, 0.5) is 11.4 Å². The second-order valence-electron chi connectivity index (χ2n) is 4.49. The maximum atomic E-state index is 12.1. The van der Waals surface area contributed by atoms with Crippen molar-refractivity contribution in [2.24, 2.45) is 0 Å². The number of benzene rings is 2. The summed E-state index contributed by atoms with van der Waals surface area (Å²) in [4.78, 5) is 15.6. The van der Waals surface area contributed by atoms with Gasteiger partial charge in [0.2, 0.25) is 0 Å². The zero-order valence-corrected chi connectivity index (χ0v) is 11.7. The average Bonchev–Trinajstić information content (AvgIpc) is 2.53. The third kappa shape index (κ3) is 3.48. The number of carbonyl (C=O) groups excluding carboxylic acids is 1. The van der Waals surface area contributed by atoms with Crippen molar-refractivity contribution < 1.29 is 4.79 Å². The Kier molecular flexibility index (Phi) is 4.56. The van der Waals surface area contributed by atoms with Crippen LogP contribution in [0.25, 0.3) is 0 Å². The van der Waals surface area contributed by atoms with E-state index < -0.39 is 0 Å². The van der Waals surface area contributed by atoms with Crippen molar-refractivity contribution in [2.45, 2.75) is 0 Å². The summed E-state index contributed by atoms with van der Waals surface area (Å²) >= 11 is 0. The Balaban J connectivity index is 2.02. The summed E-state index contributed by atoms with van der Waals surface area (Å²) in [7, 11) is 3.69. The van der Waals surface area contributed by atoms with E-state index in [0.717, 1.165) is 11.4 Å². The van der Waals surface area contributed by atoms with Gasteiger partial charge in [-0.3, -0.25) is 4.79 Å². The minimum Gasteiger partial charge on any atom is -0.351 e. The molecular weight excluding hydrogens is 248 g/mol. The molecule has 0 aliphatic heterocycles. The monoisotopic (exact) mass is 266 g/mol. The van der Waals surface area contributed by atoms with Gasteiger partial charge in [0, 0.05) is 37.7 Å². The molecular formula is C17H18N2O. The van der Waals surface area contributed by atoms with Crippen molar-refractivity contribution in [3.63, 3.8) is 0 Å². The van der Waals surface area contributed by atoms with Gasteiger partial charge in [-0.1, -0.05) is 36.4 Å². The number of hydrogen-bond donors (Lipinski definition) is 0. The molecule has 0 saturated heterocycles. The number of para-hydroxylation sites is 2. The van der Waals surface area contributed by atoms with Gasteiger partial charge in [0.1, 0.15) is 0 Å². The van der Waals surface area contributed by atoms with E-state index >= 15 is 0 Å². The van der Waals surface area contributed by atoms with Crippen LogP contribution in [0.2, 0.25) is 0 Å². The third-order valence-electron chi connectivity index (χ3n) is 3.08. The van der Waals surface area contributed by atoms with Gasteiger partial charge < -0.3 is 9.80 Å². The predicted octanol–water partition coefficient (Wildman–Crippen LogP) is 3.30. The molecule has 0 N–H and O–H groups in total. The number of nitrogens with zero attached hydrogens (tertiary/aromatic N) is 2. The highest BCUT2D eigenvalue weighted by atomic mass is 16.2. The van der Waals surface area contributed by atoms with Gasteiger partial charge in [0.25, 0.3) is 5.91 Å². The minimum atomic E-state index is -0.0565. The van der Waals surface area contributed by atoms with E-state index in [1.54, 1.807) is 24.2 Å². The summed E-state index contributed by atoms with van der Waals surface area (Å²) in [6.07, 6.45) is 3.34. The van der Waals surface area contributed by atoms with Crippen molar-refractivity contribution in [3.05, 3.63) is 72.9 Å². The van der Waals surface area contributed by atoms with E-state index in [1.165, 1.54) is 0 Å². The molecule has 3 nitrogen and oxygen atoms in total. The third-order valence-corrected chi connectivity index (χ3v) is 3.08. The first-order chi connectivity index (χ1) is 9.68. The molecule has 0 aliphatic rings. The summed E-state index contributed by atoms with van der Waals surface area (Å²) in [5.74, 6) is -0.0565. The standard InChI is InChI=1S/C17H18N2O/c1-18(15-9-5-3-6-10-15)14-13-17(20)19(2)16-11-7-4-8-12-16/h3-14H,1-2H3/b14-13+. The first-order valence-corrected chi connectivity index (χ1v) is 6.47. The minimum absolute atomic E-state index is 0.0565. The fourth-order valence-electron chi connectivity index (χ4n) is 1.82. The van der Waals surface area contributed by atoms with Crippen LogP contribution in [-0.4, -0.2) is 20.0 Å².